The molecule has 0 aliphatic rings. The molecule has 3 aromatic heterocycles. The molecule has 0 bridgehead atoms. The first-order valence-electron chi connectivity index (χ1n) is 4.86. The van der Waals surface area contributed by atoms with E-state index in [9.17, 15) is 4.79 Å². The van der Waals surface area contributed by atoms with Gasteiger partial charge in [0.15, 0.2) is 0 Å². The van der Waals surface area contributed by atoms with Gasteiger partial charge in [-0.05, 0) is 13.0 Å². The molecule has 0 aliphatic heterocycles. The largest absolute Gasteiger partial charge is 0.333 e. The minimum atomic E-state index is -0.0246. The van der Waals surface area contributed by atoms with E-state index >= 15 is 0 Å². The molecule has 0 saturated carbocycles. The molecule has 0 unspecified atom stereocenters. The third-order valence-corrected chi connectivity index (χ3v) is 2.60. The molecule has 15 heavy (non-hydrogen) atoms. The van der Waals surface area contributed by atoms with Crippen LogP contribution in [-0.2, 0) is 6.54 Å². The van der Waals surface area contributed by atoms with Crippen molar-refractivity contribution in [3.63, 3.8) is 0 Å². The first kappa shape index (κ1) is 8.28. The summed E-state index contributed by atoms with van der Waals surface area (Å²) in [6.07, 6.45) is 5.28. The average molecular weight is 202 g/mol. The first-order chi connectivity index (χ1) is 7.31. The third kappa shape index (κ3) is 0.971. The number of H-pyrrole nitrogens is 1. The summed E-state index contributed by atoms with van der Waals surface area (Å²) in [4.78, 5) is 19.3. The Labute approximate surface area is 85.0 Å². The van der Waals surface area contributed by atoms with Crippen molar-refractivity contribution in [2.75, 3.05) is 0 Å². The van der Waals surface area contributed by atoms with Crippen molar-refractivity contribution >= 4 is 16.8 Å². The van der Waals surface area contributed by atoms with Crippen molar-refractivity contribution in [1.82, 2.24) is 18.9 Å². The molecule has 76 valence electrons. The first-order valence-corrected chi connectivity index (χ1v) is 4.86. The summed E-state index contributed by atoms with van der Waals surface area (Å²) in [5.41, 5.74) is 0.716. The zero-order valence-electron chi connectivity index (χ0n) is 8.27. The smallest absolute Gasteiger partial charge is 0.268 e. The van der Waals surface area contributed by atoms with E-state index in [0.29, 0.717) is 11.2 Å². The zero-order valence-corrected chi connectivity index (χ0v) is 8.27. The molecule has 3 heterocycles. The molecule has 5 heteroatoms. The van der Waals surface area contributed by atoms with Gasteiger partial charge in [-0.25, -0.2) is 0 Å². The van der Waals surface area contributed by atoms with E-state index < -0.39 is 0 Å². The Morgan fingerprint density at radius 2 is 2.33 bits per heavy atom. The quantitative estimate of drug-likeness (QED) is 0.640. The Morgan fingerprint density at radius 3 is 3.13 bits per heavy atom. The van der Waals surface area contributed by atoms with Crippen molar-refractivity contribution in [3.05, 3.63) is 35.0 Å². The highest BCUT2D eigenvalue weighted by Gasteiger charge is 2.08. The van der Waals surface area contributed by atoms with Crippen molar-refractivity contribution in [3.8, 4) is 0 Å². The molecule has 0 fully saturated rings. The Bertz CT molecular complexity index is 688. The molecule has 0 spiro atoms. The highest BCUT2D eigenvalue weighted by Crippen LogP contribution is 2.09. The van der Waals surface area contributed by atoms with Crippen molar-refractivity contribution < 1.29 is 0 Å². The number of aromatic amines is 1. The van der Waals surface area contributed by atoms with Gasteiger partial charge in [-0.15, -0.1) is 0 Å². The number of nitrogens with one attached hydrogen (secondary N) is 1. The van der Waals surface area contributed by atoms with Crippen LogP contribution in [0.4, 0.5) is 0 Å². The topological polar surface area (TPSA) is 55.1 Å². The van der Waals surface area contributed by atoms with Crippen LogP contribution in [0.2, 0.25) is 0 Å². The molecule has 0 saturated heterocycles. The van der Waals surface area contributed by atoms with Gasteiger partial charge in [-0.2, -0.15) is 4.98 Å². The summed E-state index contributed by atoms with van der Waals surface area (Å²) in [5, 5.41) is 0.661. The van der Waals surface area contributed by atoms with Gasteiger partial charge in [0.2, 0.25) is 5.78 Å². The fourth-order valence-corrected chi connectivity index (χ4v) is 1.82. The maximum Gasteiger partial charge on any atom is 0.268 e. The van der Waals surface area contributed by atoms with E-state index in [4.69, 9.17) is 0 Å². The molecule has 1 N–H and O–H groups in total. The number of aryl methyl sites for hydroxylation is 1. The molecule has 5 nitrogen and oxygen atoms in total. The fraction of sp³-hybridized carbons (Fsp3) is 0.200. The number of fused-ring (bicyclic) bond motifs is 2. The molecule has 0 radical (unpaired) electrons. The van der Waals surface area contributed by atoms with E-state index in [1.54, 1.807) is 12.4 Å². The summed E-state index contributed by atoms with van der Waals surface area (Å²) in [5.74, 6) is 0.584. The maximum absolute atomic E-state index is 12.0. The standard InChI is InChI=1S/C10H10N4O/c1-2-13-5-3-7-8(13)12-10-11-4-6-14(10)9(7)15/h3-6H,2H2,1H3,(H,11,12). The molecule has 0 aliphatic carbocycles. The molecule has 0 aromatic carbocycles. The fourth-order valence-electron chi connectivity index (χ4n) is 1.82. The van der Waals surface area contributed by atoms with Crippen LogP contribution in [-0.4, -0.2) is 18.9 Å². The van der Waals surface area contributed by atoms with Crippen molar-refractivity contribution in [2.24, 2.45) is 0 Å². The number of imidazole rings is 1. The lowest BCUT2D eigenvalue weighted by Gasteiger charge is -1.99. The Morgan fingerprint density at radius 1 is 1.47 bits per heavy atom. The monoisotopic (exact) mass is 202 g/mol. The van der Waals surface area contributed by atoms with Crippen LogP contribution >= 0.6 is 0 Å². The second-order valence-electron chi connectivity index (χ2n) is 3.41. The van der Waals surface area contributed by atoms with Crippen LogP contribution in [0.5, 0.6) is 0 Å². The van der Waals surface area contributed by atoms with Gasteiger partial charge in [0, 0.05) is 25.1 Å². The Kier molecular flexibility index (Phi) is 1.50. The van der Waals surface area contributed by atoms with E-state index in [2.05, 4.69) is 9.97 Å². The van der Waals surface area contributed by atoms with Gasteiger partial charge < -0.3 is 9.55 Å². The SMILES string of the molecule is CCn1ccc2c(=O)n3cc[nH]c3nc21. The molecule has 0 atom stereocenters. The highest BCUT2D eigenvalue weighted by atomic mass is 16.1. The van der Waals surface area contributed by atoms with Crippen LogP contribution < -0.4 is 5.56 Å². The Balaban J connectivity index is 2.60. The lowest BCUT2D eigenvalue weighted by Crippen LogP contribution is -2.13. The van der Waals surface area contributed by atoms with Crippen molar-refractivity contribution in [1.29, 1.82) is 0 Å². The zero-order chi connectivity index (χ0) is 10.4. The minimum Gasteiger partial charge on any atom is -0.333 e. The second-order valence-corrected chi connectivity index (χ2v) is 3.41. The summed E-state index contributed by atoms with van der Waals surface area (Å²) < 4.78 is 3.47. The number of aromatic nitrogens is 4. The van der Waals surface area contributed by atoms with Gasteiger partial charge in [-0.3, -0.25) is 9.20 Å². The summed E-state index contributed by atoms with van der Waals surface area (Å²) in [7, 11) is 0. The lowest BCUT2D eigenvalue weighted by atomic mass is 10.4. The summed E-state index contributed by atoms with van der Waals surface area (Å²) >= 11 is 0. The average Bonchev–Trinajstić information content (AvgIpc) is 2.83. The number of hydrogen-bond donors (Lipinski definition) is 1. The van der Waals surface area contributed by atoms with Crippen LogP contribution in [0.25, 0.3) is 16.8 Å². The van der Waals surface area contributed by atoms with Gasteiger partial charge in [-0.1, -0.05) is 0 Å². The van der Waals surface area contributed by atoms with E-state index in [0.717, 1.165) is 12.2 Å². The van der Waals surface area contributed by atoms with Crippen LogP contribution in [0.3, 0.4) is 0 Å². The predicted octanol–water partition coefficient (Wildman–Crippen LogP) is 0.997. The summed E-state index contributed by atoms with van der Waals surface area (Å²) in [6, 6.07) is 1.81. The number of hydrogen-bond acceptors (Lipinski definition) is 2. The number of rotatable bonds is 1. The van der Waals surface area contributed by atoms with Gasteiger partial charge in [0.05, 0.1) is 5.39 Å². The molecular formula is C10H10N4O. The van der Waals surface area contributed by atoms with Crippen LogP contribution in [0.1, 0.15) is 6.92 Å². The van der Waals surface area contributed by atoms with E-state index in [1.807, 2.05) is 23.8 Å². The van der Waals surface area contributed by atoms with Crippen molar-refractivity contribution in [2.45, 2.75) is 13.5 Å². The van der Waals surface area contributed by atoms with Crippen LogP contribution in [0, 0.1) is 0 Å². The number of nitrogens with zero attached hydrogens (tertiary/aromatic N) is 3. The van der Waals surface area contributed by atoms with E-state index in [1.165, 1.54) is 4.40 Å². The molecule has 0 amide bonds. The van der Waals surface area contributed by atoms with Gasteiger partial charge in [0.25, 0.3) is 5.56 Å². The lowest BCUT2D eigenvalue weighted by molar-refractivity contribution is 0.787. The maximum atomic E-state index is 12.0. The molecule has 3 aromatic rings. The Hall–Kier alpha value is -2.04. The van der Waals surface area contributed by atoms with E-state index in [-0.39, 0.29) is 5.56 Å². The minimum absolute atomic E-state index is 0.0246. The summed E-state index contributed by atoms with van der Waals surface area (Å²) in [6.45, 7) is 2.84. The normalized spacial score (nSPS) is 11.5. The van der Waals surface area contributed by atoms with Gasteiger partial charge in [0.1, 0.15) is 5.65 Å². The third-order valence-electron chi connectivity index (χ3n) is 2.60. The van der Waals surface area contributed by atoms with Gasteiger partial charge >= 0.3 is 0 Å². The second kappa shape index (κ2) is 2.73. The predicted molar refractivity (Wildman–Crippen MR) is 57.0 cm³/mol. The molecule has 3 rings (SSSR count). The van der Waals surface area contributed by atoms with Crippen LogP contribution in [0.15, 0.2) is 29.5 Å². The highest BCUT2D eigenvalue weighted by molar-refractivity contribution is 5.76. The molecular weight excluding hydrogens is 192 g/mol.